The number of H-pyrrole nitrogens is 1. The molecule has 1 heterocycles. The second kappa shape index (κ2) is 7.55. The summed E-state index contributed by atoms with van der Waals surface area (Å²) in [4.78, 5) is 7.67. The number of aryl methyl sites for hydroxylation is 1. The molecule has 2 rings (SSSR count). The van der Waals surface area contributed by atoms with E-state index in [1.54, 1.807) is 12.3 Å². The van der Waals surface area contributed by atoms with Crippen molar-refractivity contribution in [3.05, 3.63) is 40.5 Å². The molecule has 0 aliphatic heterocycles. The predicted octanol–water partition coefficient (Wildman–Crippen LogP) is 4.04. The number of imidazole rings is 1. The molecule has 0 aliphatic carbocycles. The van der Waals surface area contributed by atoms with Gasteiger partial charge < -0.3 is 10.7 Å². The zero-order chi connectivity index (χ0) is 14.4. The summed E-state index contributed by atoms with van der Waals surface area (Å²) >= 11 is 3.37. The summed E-state index contributed by atoms with van der Waals surface area (Å²) in [7, 11) is 0. The van der Waals surface area contributed by atoms with E-state index in [0.717, 1.165) is 47.4 Å². The topological polar surface area (TPSA) is 54.7 Å². The summed E-state index contributed by atoms with van der Waals surface area (Å²) in [5.74, 6) is 0.726. The Hall–Kier alpha value is -1.20. The number of nitrogens with two attached hydrogens (primary N) is 1. The Bertz CT molecular complexity index is 554. The monoisotopic (exact) mass is 339 g/mol. The zero-order valence-corrected chi connectivity index (χ0v) is 12.9. The fraction of sp³-hybridized carbons (Fsp3) is 0.400. The Morgan fingerprint density at radius 2 is 2.00 bits per heavy atom. The largest absolute Gasteiger partial charge is 0.342 e. The van der Waals surface area contributed by atoms with Gasteiger partial charge in [0.2, 0.25) is 0 Å². The fourth-order valence-electron chi connectivity index (χ4n) is 2.12. The Balaban J connectivity index is 1.95. The lowest BCUT2D eigenvalue weighted by molar-refractivity contribution is 0.627. The standard InChI is InChI=1S/C15H19BrFN3/c16-13-9-11(17)6-7-12(13)14-10-19-15(20-14)5-3-1-2-4-8-18/h6-7,9-10H,1-5,8,18H2,(H,19,20). The van der Waals surface area contributed by atoms with Crippen LogP contribution in [-0.4, -0.2) is 16.5 Å². The van der Waals surface area contributed by atoms with E-state index in [0.29, 0.717) is 0 Å². The summed E-state index contributed by atoms with van der Waals surface area (Å²) in [5.41, 5.74) is 7.30. The molecule has 108 valence electrons. The van der Waals surface area contributed by atoms with Crippen LogP contribution in [0.2, 0.25) is 0 Å². The van der Waals surface area contributed by atoms with Crippen LogP contribution in [0.5, 0.6) is 0 Å². The van der Waals surface area contributed by atoms with E-state index in [1.165, 1.54) is 25.0 Å². The third-order valence-electron chi connectivity index (χ3n) is 3.22. The van der Waals surface area contributed by atoms with Crippen LogP contribution in [0.4, 0.5) is 4.39 Å². The first kappa shape index (κ1) is 15.2. The van der Waals surface area contributed by atoms with Gasteiger partial charge in [-0.25, -0.2) is 9.37 Å². The van der Waals surface area contributed by atoms with Crippen molar-refractivity contribution in [3.8, 4) is 11.3 Å². The average Bonchev–Trinajstić information content (AvgIpc) is 2.87. The quantitative estimate of drug-likeness (QED) is 0.748. The molecule has 0 amide bonds. The van der Waals surface area contributed by atoms with Crippen molar-refractivity contribution in [2.45, 2.75) is 32.1 Å². The lowest BCUT2D eigenvalue weighted by Crippen LogP contribution is -1.98. The predicted molar refractivity (Wildman–Crippen MR) is 82.9 cm³/mol. The molecule has 3 N–H and O–H groups in total. The third kappa shape index (κ3) is 4.15. The molecule has 0 unspecified atom stereocenters. The molecule has 0 spiro atoms. The van der Waals surface area contributed by atoms with Crippen LogP contribution in [0.1, 0.15) is 31.5 Å². The number of rotatable bonds is 7. The summed E-state index contributed by atoms with van der Waals surface area (Å²) in [6.07, 6.45) is 7.28. The minimum atomic E-state index is -0.250. The number of unbranched alkanes of at least 4 members (excludes halogenated alkanes) is 3. The Morgan fingerprint density at radius 1 is 1.20 bits per heavy atom. The van der Waals surface area contributed by atoms with Crippen molar-refractivity contribution in [1.29, 1.82) is 0 Å². The third-order valence-corrected chi connectivity index (χ3v) is 3.87. The number of nitrogens with one attached hydrogen (secondary N) is 1. The van der Waals surface area contributed by atoms with Gasteiger partial charge in [0, 0.05) is 16.5 Å². The first-order chi connectivity index (χ1) is 9.70. The van der Waals surface area contributed by atoms with E-state index in [-0.39, 0.29) is 5.82 Å². The molecule has 0 aliphatic rings. The highest BCUT2D eigenvalue weighted by atomic mass is 79.9. The summed E-state index contributed by atoms with van der Waals surface area (Å²) in [6.45, 7) is 0.767. The van der Waals surface area contributed by atoms with E-state index in [2.05, 4.69) is 25.9 Å². The maximum absolute atomic E-state index is 13.1. The van der Waals surface area contributed by atoms with Gasteiger partial charge in [-0.3, -0.25) is 0 Å². The van der Waals surface area contributed by atoms with Crippen LogP contribution in [0.25, 0.3) is 11.3 Å². The van der Waals surface area contributed by atoms with Gasteiger partial charge in [-0.15, -0.1) is 0 Å². The smallest absolute Gasteiger partial charge is 0.124 e. The molecule has 0 saturated heterocycles. The van der Waals surface area contributed by atoms with E-state index in [4.69, 9.17) is 5.73 Å². The number of hydrogen-bond acceptors (Lipinski definition) is 2. The minimum absolute atomic E-state index is 0.250. The first-order valence-corrected chi connectivity index (χ1v) is 7.69. The molecular weight excluding hydrogens is 321 g/mol. The van der Waals surface area contributed by atoms with Gasteiger partial charge in [0.25, 0.3) is 0 Å². The second-order valence-corrected chi connectivity index (χ2v) is 5.67. The van der Waals surface area contributed by atoms with Crippen LogP contribution >= 0.6 is 15.9 Å². The van der Waals surface area contributed by atoms with E-state index >= 15 is 0 Å². The summed E-state index contributed by atoms with van der Waals surface area (Å²) in [5, 5.41) is 0. The normalized spacial score (nSPS) is 10.9. The van der Waals surface area contributed by atoms with Crippen molar-refractivity contribution < 1.29 is 4.39 Å². The zero-order valence-electron chi connectivity index (χ0n) is 11.3. The summed E-state index contributed by atoms with van der Waals surface area (Å²) < 4.78 is 13.8. The van der Waals surface area contributed by atoms with E-state index in [9.17, 15) is 4.39 Å². The van der Waals surface area contributed by atoms with Gasteiger partial charge in [-0.1, -0.05) is 12.8 Å². The lowest BCUT2D eigenvalue weighted by Gasteiger charge is -2.01. The number of benzene rings is 1. The highest BCUT2D eigenvalue weighted by Gasteiger charge is 2.07. The molecular formula is C15H19BrFN3. The van der Waals surface area contributed by atoms with Gasteiger partial charge in [0.15, 0.2) is 0 Å². The Kier molecular flexibility index (Phi) is 5.73. The van der Waals surface area contributed by atoms with Crippen molar-refractivity contribution in [1.82, 2.24) is 9.97 Å². The van der Waals surface area contributed by atoms with Crippen molar-refractivity contribution >= 4 is 15.9 Å². The van der Waals surface area contributed by atoms with Gasteiger partial charge in [0.1, 0.15) is 11.6 Å². The molecule has 0 atom stereocenters. The average molecular weight is 340 g/mol. The maximum Gasteiger partial charge on any atom is 0.124 e. The highest BCUT2D eigenvalue weighted by Crippen LogP contribution is 2.27. The van der Waals surface area contributed by atoms with Crippen molar-refractivity contribution in [2.24, 2.45) is 5.73 Å². The molecule has 0 radical (unpaired) electrons. The van der Waals surface area contributed by atoms with E-state index < -0.39 is 0 Å². The Morgan fingerprint density at radius 3 is 2.75 bits per heavy atom. The molecule has 2 aromatic rings. The number of nitrogens with zero attached hydrogens (tertiary/aromatic N) is 1. The maximum atomic E-state index is 13.1. The van der Waals surface area contributed by atoms with Crippen LogP contribution < -0.4 is 5.73 Å². The molecule has 1 aromatic carbocycles. The Labute approximate surface area is 126 Å². The SMILES string of the molecule is NCCCCCCc1ncc(-c2ccc(F)cc2Br)[nH]1. The van der Waals surface area contributed by atoms with Crippen LogP contribution in [-0.2, 0) is 6.42 Å². The van der Waals surface area contributed by atoms with Crippen LogP contribution in [0.3, 0.4) is 0 Å². The van der Waals surface area contributed by atoms with Gasteiger partial charge in [0.05, 0.1) is 11.9 Å². The number of aromatic nitrogens is 2. The van der Waals surface area contributed by atoms with Gasteiger partial charge >= 0.3 is 0 Å². The molecule has 0 fully saturated rings. The molecule has 0 bridgehead atoms. The first-order valence-electron chi connectivity index (χ1n) is 6.90. The molecule has 5 heteroatoms. The van der Waals surface area contributed by atoms with Crippen molar-refractivity contribution in [3.63, 3.8) is 0 Å². The highest BCUT2D eigenvalue weighted by molar-refractivity contribution is 9.10. The van der Waals surface area contributed by atoms with Crippen molar-refractivity contribution in [2.75, 3.05) is 6.54 Å². The fourth-order valence-corrected chi connectivity index (χ4v) is 2.69. The van der Waals surface area contributed by atoms with Crippen LogP contribution in [0.15, 0.2) is 28.9 Å². The minimum Gasteiger partial charge on any atom is -0.342 e. The van der Waals surface area contributed by atoms with E-state index in [1.807, 2.05) is 0 Å². The number of aromatic amines is 1. The molecule has 0 saturated carbocycles. The molecule has 20 heavy (non-hydrogen) atoms. The summed E-state index contributed by atoms with van der Waals surface area (Å²) in [6, 6.07) is 4.66. The number of halogens is 2. The lowest BCUT2D eigenvalue weighted by atomic mass is 10.1. The number of hydrogen-bond donors (Lipinski definition) is 2. The second-order valence-electron chi connectivity index (χ2n) is 4.82. The molecule has 3 nitrogen and oxygen atoms in total. The molecule has 1 aromatic heterocycles. The van der Waals surface area contributed by atoms with Gasteiger partial charge in [-0.2, -0.15) is 0 Å². The van der Waals surface area contributed by atoms with Crippen LogP contribution in [0, 0.1) is 5.82 Å². The van der Waals surface area contributed by atoms with Gasteiger partial charge in [-0.05, 0) is 53.5 Å².